The lowest BCUT2D eigenvalue weighted by Crippen LogP contribution is -2.39. The first-order chi connectivity index (χ1) is 14.8. The molecule has 1 fully saturated rings. The van der Waals surface area contributed by atoms with E-state index >= 15 is 0 Å². The van der Waals surface area contributed by atoms with Crippen molar-refractivity contribution in [1.82, 2.24) is 9.80 Å². The molecule has 0 spiro atoms. The number of halogens is 1. The summed E-state index contributed by atoms with van der Waals surface area (Å²) in [5, 5.41) is 0. The Morgan fingerprint density at radius 3 is 2.74 bits per heavy atom. The Bertz CT molecular complexity index is 885. The van der Waals surface area contributed by atoms with Gasteiger partial charge in [0.15, 0.2) is 0 Å². The van der Waals surface area contributed by atoms with Gasteiger partial charge in [0.25, 0.3) is 5.91 Å². The first kappa shape index (κ1) is 24.6. The molecule has 31 heavy (non-hydrogen) atoms. The number of nitrogens with zero attached hydrogens (tertiary/aromatic N) is 3. The first-order valence-electron chi connectivity index (χ1n) is 11.2. The summed E-state index contributed by atoms with van der Waals surface area (Å²) in [5.41, 5.74) is 2.85. The Balaban J connectivity index is 2.35. The summed E-state index contributed by atoms with van der Waals surface area (Å²) in [6.07, 6.45) is 10.3. The third-order valence-corrected chi connectivity index (χ3v) is 5.89. The molecule has 2 rings (SSSR count). The quantitative estimate of drug-likeness (QED) is 0.391. The Kier molecular flexibility index (Phi) is 9.22. The van der Waals surface area contributed by atoms with E-state index < -0.39 is 0 Å². The van der Waals surface area contributed by atoms with E-state index in [-0.39, 0.29) is 17.8 Å². The van der Waals surface area contributed by atoms with Gasteiger partial charge in [-0.25, -0.2) is 9.38 Å². The number of carbonyl (C=O) groups is 1. The average Bonchev–Trinajstić information content (AvgIpc) is 2.95. The Morgan fingerprint density at radius 1 is 1.35 bits per heavy atom. The molecule has 1 aromatic carbocycles. The molecular weight excluding hydrogens is 389 g/mol. The zero-order valence-corrected chi connectivity index (χ0v) is 19.6. The minimum atomic E-state index is -0.316. The van der Waals surface area contributed by atoms with E-state index in [4.69, 9.17) is 0 Å². The van der Waals surface area contributed by atoms with Crippen LogP contribution in [0.5, 0.6) is 0 Å². The fourth-order valence-electron chi connectivity index (χ4n) is 3.91. The number of aliphatic imine (C=N–C) groups is 1. The van der Waals surface area contributed by atoms with Crippen molar-refractivity contribution in [2.75, 3.05) is 13.6 Å². The van der Waals surface area contributed by atoms with Crippen LogP contribution in [0, 0.1) is 12.7 Å². The predicted octanol–water partition coefficient (Wildman–Crippen LogP) is 6.10. The minimum Gasteiger partial charge on any atom is -0.335 e. The van der Waals surface area contributed by atoms with Gasteiger partial charge in [-0.15, -0.1) is 0 Å². The van der Waals surface area contributed by atoms with Gasteiger partial charge in [0.05, 0.1) is 6.21 Å². The summed E-state index contributed by atoms with van der Waals surface area (Å²) in [6.45, 7) is 12.8. The smallest absolute Gasteiger partial charge is 0.265 e. The highest BCUT2D eigenvalue weighted by Gasteiger charge is 2.21. The molecule has 0 radical (unpaired) electrons. The second kappa shape index (κ2) is 11.6. The molecule has 0 aromatic heterocycles. The number of likely N-dealkylation sites (tertiary alicyclic amines) is 1. The molecule has 0 saturated carbocycles. The van der Waals surface area contributed by atoms with E-state index in [1.807, 2.05) is 42.8 Å². The van der Waals surface area contributed by atoms with Crippen LogP contribution in [0.15, 0.2) is 53.4 Å². The Hall–Kier alpha value is -2.69. The number of amides is 1. The molecule has 4 nitrogen and oxygen atoms in total. The van der Waals surface area contributed by atoms with Crippen molar-refractivity contribution >= 4 is 17.7 Å². The van der Waals surface area contributed by atoms with Gasteiger partial charge in [0.2, 0.25) is 0 Å². The maximum absolute atomic E-state index is 14.5. The van der Waals surface area contributed by atoms with Crippen molar-refractivity contribution in [3.63, 3.8) is 0 Å². The summed E-state index contributed by atoms with van der Waals surface area (Å²) in [4.78, 5) is 21.2. The van der Waals surface area contributed by atoms with Crippen LogP contribution in [0.4, 0.5) is 4.39 Å². The van der Waals surface area contributed by atoms with Crippen LogP contribution < -0.4 is 0 Å². The minimum absolute atomic E-state index is 0.0839. The van der Waals surface area contributed by atoms with Gasteiger partial charge < -0.3 is 9.80 Å². The van der Waals surface area contributed by atoms with Crippen molar-refractivity contribution in [1.29, 1.82) is 0 Å². The van der Waals surface area contributed by atoms with E-state index in [1.165, 1.54) is 12.3 Å². The maximum atomic E-state index is 14.5. The van der Waals surface area contributed by atoms with Gasteiger partial charge in [-0.1, -0.05) is 44.6 Å². The van der Waals surface area contributed by atoms with E-state index in [2.05, 4.69) is 25.4 Å². The van der Waals surface area contributed by atoms with Gasteiger partial charge >= 0.3 is 0 Å². The second-order valence-corrected chi connectivity index (χ2v) is 8.19. The number of allylic oxidation sites excluding steroid dienone is 4. The summed E-state index contributed by atoms with van der Waals surface area (Å²) in [6, 6.07) is 5.29. The molecule has 168 valence electrons. The lowest BCUT2D eigenvalue weighted by molar-refractivity contribution is -0.125. The number of benzene rings is 1. The molecular formula is C26H36FN3O. The standard InChI is InChI=1S/C26H36FN3O/c1-7-22(8-2)29(6)25(17-20(4)23-14-13-19(3)16-24(23)27)28-18-26(31)30-15-11-9-10-12-21(30)5/h7,13-14,16-18,21H,4,8-12,15H2,1-3,5-6H3/b22-7-,25-17-,28-18+. The van der Waals surface area contributed by atoms with Crippen LogP contribution in [-0.2, 0) is 4.79 Å². The molecule has 1 aliphatic rings. The SMILES string of the molecule is C=C(/C=C(/N=C/C(=O)N1CCCCCC1C)N(C)/C(=C\C)CC)c1ccc(C)cc1F. The van der Waals surface area contributed by atoms with Crippen LogP contribution >= 0.6 is 0 Å². The van der Waals surface area contributed by atoms with Gasteiger partial charge in [0.1, 0.15) is 11.6 Å². The Labute approximate surface area is 186 Å². The van der Waals surface area contributed by atoms with E-state index in [1.54, 1.807) is 12.1 Å². The van der Waals surface area contributed by atoms with Gasteiger partial charge in [-0.05, 0) is 63.3 Å². The number of carbonyl (C=O) groups excluding carboxylic acids is 1. The lowest BCUT2D eigenvalue weighted by atomic mass is 10.0. The van der Waals surface area contributed by atoms with Crippen LogP contribution in [0.25, 0.3) is 5.57 Å². The van der Waals surface area contributed by atoms with Crippen molar-refractivity contribution in [3.8, 4) is 0 Å². The number of hydrogen-bond acceptors (Lipinski definition) is 3. The molecule has 0 N–H and O–H groups in total. The molecule has 1 unspecified atom stereocenters. The molecule has 5 heteroatoms. The van der Waals surface area contributed by atoms with E-state index in [9.17, 15) is 9.18 Å². The molecule has 1 heterocycles. The van der Waals surface area contributed by atoms with E-state index in [0.29, 0.717) is 17.0 Å². The summed E-state index contributed by atoms with van der Waals surface area (Å²) < 4.78 is 14.5. The topological polar surface area (TPSA) is 35.9 Å². The molecule has 1 aliphatic heterocycles. The summed E-state index contributed by atoms with van der Waals surface area (Å²) >= 11 is 0. The van der Waals surface area contributed by atoms with Gasteiger partial charge in [-0.3, -0.25) is 4.79 Å². The fourth-order valence-corrected chi connectivity index (χ4v) is 3.91. The summed E-state index contributed by atoms with van der Waals surface area (Å²) in [5.74, 6) is 0.151. The molecule has 0 bridgehead atoms. The summed E-state index contributed by atoms with van der Waals surface area (Å²) in [7, 11) is 1.90. The lowest BCUT2D eigenvalue weighted by Gasteiger charge is -2.26. The highest BCUT2D eigenvalue weighted by Crippen LogP contribution is 2.24. The van der Waals surface area contributed by atoms with Crippen molar-refractivity contribution in [3.05, 3.63) is 65.4 Å². The van der Waals surface area contributed by atoms with Crippen LogP contribution in [0.3, 0.4) is 0 Å². The fraction of sp³-hybridized carbons (Fsp3) is 0.462. The van der Waals surface area contributed by atoms with Crippen LogP contribution in [0.2, 0.25) is 0 Å². The second-order valence-electron chi connectivity index (χ2n) is 8.19. The normalized spacial score (nSPS) is 18.3. The molecule has 1 atom stereocenters. The maximum Gasteiger partial charge on any atom is 0.265 e. The zero-order valence-electron chi connectivity index (χ0n) is 19.6. The monoisotopic (exact) mass is 425 g/mol. The van der Waals surface area contributed by atoms with Crippen molar-refractivity contribution < 1.29 is 9.18 Å². The third kappa shape index (κ3) is 6.65. The largest absolute Gasteiger partial charge is 0.335 e. The highest BCUT2D eigenvalue weighted by atomic mass is 19.1. The molecule has 0 aliphatic carbocycles. The van der Waals surface area contributed by atoms with Gasteiger partial charge in [-0.2, -0.15) is 0 Å². The number of hydrogen-bond donors (Lipinski definition) is 0. The highest BCUT2D eigenvalue weighted by molar-refractivity contribution is 6.26. The first-order valence-corrected chi connectivity index (χ1v) is 11.2. The number of aryl methyl sites for hydroxylation is 1. The van der Waals surface area contributed by atoms with E-state index in [0.717, 1.165) is 49.9 Å². The molecule has 1 aromatic rings. The third-order valence-electron chi connectivity index (χ3n) is 5.89. The zero-order chi connectivity index (χ0) is 23.0. The molecule has 1 amide bonds. The van der Waals surface area contributed by atoms with Crippen molar-refractivity contribution in [2.45, 2.75) is 65.8 Å². The van der Waals surface area contributed by atoms with Gasteiger partial charge in [0, 0.05) is 30.9 Å². The average molecular weight is 426 g/mol. The molecule has 1 saturated heterocycles. The number of rotatable bonds is 7. The van der Waals surface area contributed by atoms with Crippen molar-refractivity contribution in [2.24, 2.45) is 4.99 Å². The van der Waals surface area contributed by atoms with Crippen LogP contribution in [-0.4, -0.2) is 41.6 Å². The Morgan fingerprint density at radius 2 is 2.10 bits per heavy atom. The van der Waals surface area contributed by atoms with Crippen LogP contribution in [0.1, 0.15) is 64.0 Å². The predicted molar refractivity (Wildman–Crippen MR) is 128 cm³/mol.